The van der Waals surface area contributed by atoms with E-state index in [9.17, 15) is 14.4 Å². The van der Waals surface area contributed by atoms with Crippen molar-refractivity contribution in [1.82, 2.24) is 0 Å². The van der Waals surface area contributed by atoms with Gasteiger partial charge in [-0.3, -0.25) is 0 Å². The van der Waals surface area contributed by atoms with Gasteiger partial charge in [0, 0.05) is 22.3 Å². The molecular formula is C49H42O10. The highest BCUT2D eigenvalue weighted by atomic mass is 16.7. The molecule has 0 fully saturated rings. The molecule has 0 unspecified atom stereocenters. The Morgan fingerprint density at radius 3 is 1.24 bits per heavy atom. The zero-order chi connectivity index (χ0) is 41.6. The third kappa shape index (κ3) is 7.57. The van der Waals surface area contributed by atoms with E-state index in [4.69, 9.17) is 33.2 Å². The first-order chi connectivity index (χ1) is 28.1. The zero-order valence-corrected chi connectivity index (χ0v) is 33.4. The lowest BCUT2D eigenvalue weighted by Crippen LogP contribution is -2.36. The van der Waals surface area contributed by atoms with Gasteiger partial charge >= 0.3 is 29.5 Å². The molecule has 0 aliphatic carbocycles. The Kier molecular flexibility index (Phi) is 9.67. The largest absolute Gasteiger partial charge is 0.456 e. The molecule has 2 aliphatic heterocycles. The summed E-state index contributed by atoms with van der Waals surface area (Å²) in [6.45, 7) is 10.4. The number of rotatable bonds is 8. The summed E-state index contributed by atoms with van der Waals surface area (Å²) in [6.07, 6.45) is 0. The molecule has 298 valence electrons. The van der Waals surface area contributed by atoms with Crippen LogP contribution in [0.25, 0.3) is 0 Å². The molecule has 59 heavy (non-hydrogen) atoms. The van der Waals surface area contributed by atoms with Gasteiger partial charge in [0.25, 0.3) is 0 Å². The number of ether oxygens (including phenoxy) is 7. The Hall–Kier alpha value is -7.07. The number of carbonyl (C=O) groups is 3. The lowest BCUT2D eigenvalue weighted by atomic mass is 9.97. The minimum absolute atomic E-state index is 0.0376. The van der Waals surface area contributed by atoms with Crippen LogP contribution in [0.1, 0.15) is 94.9 Å². The Morgan fingerprint density at radius 2 is 0.814 bits per heavy atom. The van der Waals surface area contributed by atoms with E-state index in [1.807, 2.05) is 121 Å². The molecule has 2 aliphatic rings. The van der Waals surface area contributed by atoms with Gasteiger partial charge in [-0.15, -0.1) is 0 Å². The van der Waals surface area contributed by atoms with E-state index in [2.05, 4.69) is 0 Å². The number of hydrogen-bond donors (Lipinski definition) is 0. The second-order valence-corrected chi connectivity index (χ2v) is 16.1. The van der Waals surface area contributed by atoms with E-state index in [-0.39, 0.29) is 45.4 Å². The van der Waals surface area contributed by atoms with E-state index in [1.54, 1.807) is 41.5 Å². The average molecular weight is 791 g/mol. The lowest BCUT2D eigenvalue weighted by molar-refractivity contribution is -0.0468. The van der Waals surface area contributed by atoms with Crippen LogP contribution in [0.15, 0.2) is 146 Å². The summed E-state index contributed by atoms with van der Waals surface area (Å²) in [6, 6.07) is 42.9. The molecule has 6 aromatic carbocycles. The van der Waals surface area contributed by atoms with Crippen molar-refractivity contribution < 1.29 is 47.5 Å². The van der Waals surface area contributed by atoms with Crippen molar-refractivity contribution >= 4 is 17.9 Å². The Bertz CT molecular complexity index is 2460. The fraction of sp³-hybridized carbons (Fsp3) is 0.204. The molecule has 0 saturated carbocycles. The molecular weight excluding hydrogens is 749 g/mol. The topological polar surface area (TPSA) is 116 Å². The number of carbonyl (C=O) groups excluding carboxylic acids is 3. The van der Waals surface area contributed by atoms with E-state index < -0.39 is 40.7 Å². The van der Waals surface area contributed by atoms with Crippen molar-refractivity contribution in [3.63, 3.8) is 0 Å². The van der Waals surface area contributed by atoms with Gasteiger partial charge in [0.1, 0.15) is 11.2 Å². The van der Waals surface area contributed by atoms with Crippen molar-refractivity contribution in [3.8, 4) is 28.7 Å². The molecule has 0 radical (unpaired) electrons. The van der Waals surface area contributed by atoms with Gasteiger partial charge in [-0.1, -0.05) is 121 Å². The predicted molar refractivity (Wildman–Crippen MR) is 218 cm³/mol. The predicted octanol–water partition coefficient (Wildman–Crippen LogP) is 10.2. The van der Waals surface area contributed by atoms with Crippen LogP contribution < -0.4 is 23.7 Å². The molecule has 2 heterocycles. The summed E-state index contributed by atoms with van der Waals surface area (Å²) in [4.78, 5) is 42.3. The average Bonchev–Trinajstić information content (AvgIpc) is 3.81. The third-order valence-corrected chi connectivity index (χ3v) is 9.40. The molecule has 0 aromatic heterocycles. The van der Waals surface area contributed by atoms with Gasteiger partial charge < -0.3 is 33.2 Å². The molecule has 0 saturated heterocycles. The van der Waals surface area contributed by atoms with Crippen LogP contribution >= 0.6 is 0 Å². The van der Waals surface area contributed by atoms with Crippen LogP contribution in [-0.2, 0) is 21.0 Å². The SMILES string of the molecule is CC(C)(C)OC(=O)c1cc(OC(=O)c2cc3c(cc2C(=O)OC(C)(C)C)OC(c2ccccc2)(c2ccccc2)O3)c2c(c1)OC(c1ccccc1)(c1ccccc1)O2. The summed E-state index contributed by atoms with van der Waals surface area (Å²) >= 11 is 0. The summed E-state index contributed by atoms with van der Waals surface area (Å²) in [5, 5.41) is 0. The first kappa shape index (κ1) is 38.8. The Morgan fingerprint density at radius 1 is 0.441 bits per heavy atom. The quantitative estimate of drug-likeness (QED) is 0.109. The van der Waals surface area contributed by atoms with E-state index >= 15 is 0 Å². The summed E-state index contributed by atoms with van der Waals surface area (Å²) in [5.41, 5.74) is 0.591. The highest BCUT2D eigenvalue weighted by Crippen LogP contribution is 2.53. The monoisotopic (exact) mass is 790 g/mol. The lowest BCUT2D eigenvalue weighted by Gasteiger charge is -2.28. The first-order valence-electron chi connectivity index (χ1n) is 19.2. The van der Waals surface area contributed by atoms with Crippen LogP contribution in [0.4, 0.5) is 0 Å². The number of benzene rings is 6. The molecule has 10 heteroatoms. The van der Waals surface area contributed by atoms with Crippen LogP contribution in [0.2, 0.25) is 0 Å². The van der Waals surface area contributed by atoms with Crippen LogP contribution in [0.5, 0.6) is 28.7 Å². The van der Waals surface area contributed by atoms with Crippen LogP contribution in [0.3, 0.4) is 0 Å². The maximum Gasteiger partial charge on any atom is 0.344 e. The zero-order valence-electron chi connectivity index (χ0n) is 33.4. The highest BCUT2D eigenvalue weighted by molar-refractivity contribution is 6.05. The van der Waals surface area contributed by atoms with Crippen molar-refractivity contribution in [2.75, 3.05) is 0 Å². The molecule has 6 aromatic rings. The van der Waals surface area contributed by atoms with Gasteiger partial charge in [0.05, 0.1) is 16.7 Å². The van der Waals surface area contributed by atoms with E-state index in [1.165, 1.54) is 24.3 Å². The van der Waals surface area contributed by atoms with Crippen LogP contribution in [0, 0.1) is 0 Å². The van der Waals surface area contributed by atoms with Crippen molar-refractivity contribution in [2.45, 2.75) is 64.3 Å². The van der Waals surface area contributed by atoms with Crippen molar-refractivity contribution in [2.24, 2.45) is 0 Å². The molecule has 8 rings (SSSR count). The fourth-order valence-corrected chi connectivity index (χ4v) is 6.91. The molecule has 0 bridgehead atoms. The Balaban J connectivity index is 1.25. The maximum atomic E-state index is 14.7. The van der Waals surface area contributed by atoms with Gasteiger partial charge in [-0.05, 0) is 65.8 Å². The molecule has 0 N–H and O–H groups in total. The standard InChI is InChI=1S/C49H42O10/c1-46(2,3)58-43(50)31-27-40(42-41(28-31)56-49(57-42,34-23-15-9-16-24-34)35-25-17-10-18-26-35)53-44(51)36-29-38-39(30-37(36)45(52)59-47(4,5)6)55-48(54-38,32-19-11-7-12-20-32)33-21-13-8-14-22-33/h7-30H,1-6H3. The number of hydrogen-bond acceptors (Lipinski definition) is 10. The number of esters is 3. The van der Waals surface area contributed by atoms with Crippen LogP contribution in [-0.4, -0.2) is 29.1 Å². The molecule has 0 amide bonds. The summed E-state index contributed by atoms with van der Waals surface area (Å²) < 4.78 is 44.4. The molecule has 0 spiro atoms. The van der Waals surface area contributed by atoms with Gasteiger partial charge in [-0.2, -0.15) is 0 Å². The second-order valence-electron chi connectivity index (χ2n) is 16.1. The first-order valence-corrected chi connectivity index (χ1v) is 19.2. The number of fused-ring (bicyclic) bond motifs is 2. The van der Waals surface area contributed by atoms with Crippen molar-refractivity contribution in [1.29, 1.82) is 0 Å². The van der Waals surface area contributed by atoms with Gasteiger partial charge in [-0.25, -0.2) is 14.4 Å². The second kappa shape index (κ2) is 14.7. The third-order valence-electron chi connectivity index (χ3n) is 9.40. The maximum absolute atomic E-state index is 14.7. The van der Waals surface area contributed by atoms with Gasteiger partial charge in [0.2, 0.25) is 5.75 Å². The smallest absolute Gasteiger partial charge is 0.344 e. The minimum atomic E-state index is -1.53. The normalized spacial score (nSPS) is 14.6. The van der Waals surface area contributed by atoms with E-state index in [0.717, 1.165) is 0 Å². The molecule has 0 atom stereocenters. The fourth-order valence-electron chi connectivity index (χ4n) is 6.91. The highest BCUT2D eigenvalue weighted by Gasteiger charge is 2.49. The Labute approximate surface area is 342 Å². The van der Waals surface area contributed by atoms with Gasteiger partial charge in [0.15, 0.2) is 23.0 Å². The summed E-state index contributed by atoms with van der Waals surface area (Å²) in [7, 11) is 0. The van der Waals surface area contributed by atoms with E-state index in [0.29, 0.717) is 22.3 Å². The molecule has 10 nitrogen and oxygen atoms in total. The minimum Gasteiger partial charge on any atom is -0.456 e. The summed E-state index contributed by atoms with van der Waals surface area (Å²) in [5.74, 6) is -5.05. The van der Waals surface area contributed by atoms with Crippen molar-refractivity contribution in [3.05, 3.63) is 185 Å².